The van der Waals surface area contributed by atoms with Gasteiger partial charge in [0.1, 0.15) is 5.75 Å². The van der Waals surface area contributed by atoms with Crippen molar-refractivity contribution in [3.05, 3.63) is 24.3 Å². The van der Waals surface area contributed by atoms with Gasteiger partial charge in [-0.25, -0.2) is 0 Å². The molecule has 0 unspecified atom stereocenters. The number of hydrogen-bond acceptors (Lipinski definition) is 3. The van der Waals surface area contributed by atoms with Crippen molar-refractivity contribution in [2.75, 3.05) is 38.6 Å². The average molecular weight is 279 g/mol. The maximum Gasteiger partial charge on any atom is 0.209 e. The zero-order valence-corrected chi connectivity index (χ0v) is 11.7. The van der Waals surface area contributed by atoms with Crippen LogP contribution in [0.2, 0.25) is 0 Å². The maximum atomic E-state index is 10.6. The summed E-state index contributed by atoms with van der Waals surface area (Å²) in [7, 11) is 1.64. The van der Waals surface area contributed by atoms with Gasteiger partial charge < -0.3 is 19.9 Å². The summed E-state index contributed by atoms with van der Waals surface area (Å²) in [6.07, 6.45) is 0.885. The largest absolute Gasteiger partial charge is 0.497 e. The molecule has 0 aromatic heterocycles. The van der Waals surface area contributed by atoms with E-state index in [0.717, 1.165) is 30.9 Å². The van der Waals surface area contributed by atoms with Crippen molar-refractivity contribution in [2.24, 2.45) is 0 Å². The van der Waals surface area contributed by atoms with Gasteiger partial charge >= 0.3 is 0 Å². The molecule has 1 heterocycles. The highest BCUT2D eigenvalue weighted by Gasteiger charge is 2.17. The number of carbonyl (C=O) groups excluding carboxylic acids is 1. The van der Waals surface area contributed by atoms with E-state index in [-0.39, 0.29) is 0 Å². The number of thiocarbonyl (C=S) groups is 1. The molecule has 1 amide bonds. The SMILES string of the molecule is COc1cccc(NC(=S)N2CCN(C=O)CC2)c1. The molecule has 0 spiro atoms. The number of nitrogens with one attached hydrogen (secondary N) is 1. The molecule has 0 saturated carbocycles. The van der Waals surface area contributed by atoms with Crippen molar-refractivity contribution in [2.45, 2.75) is 0 Å². The minimum Gasteiger partial charge on any atom is -0.497 e. The van der Waals surface area contributed by atoms with Crippen LogP contribution in [0.3, 0.4) is 0 Å². The van der Waals surface area contributed by atoms with Gasteiger partial charge in [-0.1, -0.05) is 6.07 Å². The number of methoxy groups -OCH3 is 1. The van der Waals surface area contributed by atoms with E-state index >= 15 is 0 Å². The number of nitrogens with zero attached hydrogens (tertiary/aromatic N) is 2. The van der Waals surface area contributed by atoms with E-state index in [1.807, 2.05) is 24.3 Å². The zero-order valence-electron chi connectivity index (χ0n) is 10.8. The fraction of sp³-hybridized carbons (Fsp3) is 0.385. The van der Waals surface area contributed by atoms with E-state index in [1.54, 1.807) is 12.0 Å². The van der Waals surface area contributed by atoms with Crippen LogP contribution in [-0.2, 0) is 4.79 Å². The lowest BCUT2D eigenvalue weighted by Crippen LogP contribution is -2.49. The zero-order chi connectivity index (χ0) is 13.7. The highest BCUT2D eigenvalue weighted by Crippen LogP contribution is 2.17. The summed E-state index contributed by atoms with van der Waals surface area (Å²) in [5, 5.41) is 3.87. The Morgan fingerprint density at radius 2 is 2.11 bits per heavy atom. The lowest BCUT2D eigenvalue weighted by Gasteiger charge is -2.34. The number of anilines is 1. The molecule has 0 atom stereocenters. The highest BCUT2D eigenvalue weighted by atomic mass is 32.1. The second-order valence-corrected chi connectivity index (χ2v) is 4.68. The van der Waals surface area contributed by atoms with Gasteiger partial charge in [-0.3, -0.25) is 4.79 Å². The Morgan fingerprint density at radius 3 is 2.74 bits per heavy atom. The highest BCUT2D eigenvalue weighted by molar-refractivity contribution is 7.80. The third kappa shape index (κ3) is 3.57. The average Bonchev–Trinajstić information content (AvgIpc) is 2.47. The van der Waals surface area contributed by atoms with E-state index < -0.39 is 0 Å². The Hall–Kier alpha value is -1.82. The van der Waals surface area contributed by atoms with Gasteiger partial charge in [-0.05, 0) is 24.4 Å². The van der Waals surface area contributed by atoms with E-state index in [0.29, 0.717) is 18.2 Å². The molecule has 1 aliphatic rings. The Kier molecular flexibility index (Phi) is 4.57. The molecule has 1 saturated heterocycles. The minimum absolute atomic E-state index is 0.679. The van der Waals surface area contributed by atoms with Gasteiger partial charge in [0.2, 0.25) is 6.41 Å². The molecular weight excluding hydrogens is 262 g/mol. The summed E-state index contributed by atoms with van der Waals surface area (Å²) in [6, 6.07) is 7.63. The van der Waals surface area contributed by atoms with Gasteiger partial charge in [0.15, 0.2) is 5.11 Å². The van der Waals surface area contributed by atoms with E-state index in [4.69, 9.17) is 17.0 Å². The number of piperazine rings is 1. The molecular formula is C13H17N3O2S. The van der Waals surface area contributed by atoms with Gasteiger partial charge in [-0.15, -0.1) is 0 Å². The Bertz CT molecular complexity index is 459. The summed E-state index contributed by atoms with van der Waals surface area (Å²) < 4.78 is 5.17. The van der Waals surface area contributed by atoms with E-state index in [1.165, 1.54) is 0 Å². The van der Waals surface area contributed by atoms with Crippen molar-refractivity contribution in [3.8, 4) is 5.75 Å². The number of benzene rings is 1. The Balaban J connectivity index is 1.92. The number of carbonyl (C=O) groups is 1. The maximum absolute atomic E-state index is 10.6. The molecule has 19 heavy (non-hydrogen) atoms. The van der Waals surface area contributed by atoms with Crippen molar-refractivity contribution >= 4 is 29.4 Å². The van der Waals surface area contributed by atoms with E-state index in [2.05, 4.69) is 10.2 Å². The fourth-order valence-corrected chi connectivity index (χ4v) is 2.23. The van der Waals surface area contributed by atoms with Gasteiger partial charge in [0.05, 0.1) is 7.11 Å². The van der Waals surface area contributed by atoms with Crippen LogP contribution in [0.25, 0.3) is 0 Å². The van der Waals surface area contributed by atoms with Crippen LogP contribution >= 0.6 is 12.2 Å². The molecule has 0 aliphatic carbocycles. The number of rotatable bonds is 3. The molecule has 1 aromatic rings. The lowest BCUT2D eigenvalue weighted by atomic mass is 10.3. The van der Waals surface area contributed by atoms with Gasteiger partial charge in [0.25, 0.3) is 0 Å². The summed E-state index contributed by atoms with van der Waals surface area (Å²) in [6.45, 7) is 2.94. The monoisotopic (exact) mass is 279 g/mol. The van der Waals surface area contributed by atoms with Crippen LogP contribution in [0, 0.1) is 0 Å². The van der Waals surface area contributed by atoms with Crippen LogP contribution in [0.15, 0.2) is 24.3 Å². The lowest BCUT2D eigenvalue weighted by molar-refractivity contribution is -0.119. The first kappa shape index (κ1) is 13.6. The van der Waals surface area contributed by atoms with Crippen LogP contribution in [0.1, 0.15) is 0 Å². The number of ether oxygens (including phenoxy) is 1. The van der Waals surface area contributed by atoms with Crippen molar-refractivity contribution < 1.29 is 9.53 Å². The van der Waals surface area contributed by atoms with Crippen LogP contribution in [0.5, 0.6) is 5.75 Å². The van der Waals surface area contributed by atoms with E-state index in [9.17, 15) is 4.79 Å². The number of hydrogen-bond donors (Lipinski definition) is 1. The molecule has 102 valence electrons. The molecule has 1 N–H and O–H groups in total. The molecule has 6 heteroatoms. The second kappa shape index (κ2) is 6.38. The number of amides is 1. The standard InChI is InChI=1S/C13H17N3O2S/c1-18-12-4-2-3-11(9-12)14-13(19)16-7-5-15(10-17)6-8-16/h2-4,9-10H,5-8H2,1H3,(H,14,19). The second-order valence-electron chi connectivity index (χ2n) is 4.29. The summed E-state index contributed by atoms with van der Waals surface area (Å²) in [5.41, 5.74) is 0.905. The quantitative estimate of drug-likeness (QED) is 0.664. The van der Waals surface area contributed by atoms with Crippen LogP contribution < -0.4 is 10.1 Å². The molecule has 1 aliphatic heterocycles. The molecule has 0 radical (unpaired) electrons. The molecule has 0 bridgehead atoms. The van der Waals surface area contributed by atoms with Gasteiger partial charge in [-0.2, -0.15) is 0 Å². The first-order valence-corrected chi connectivity index (χ1v) is 6.53. The Labute approximate surface area is 118 Å². The first-order valence-electron chi connectivity index (χ1n) is 6.12. The molecule has 5 nitrogen and oxygen atoms in total. The summed E-state index contributed by atoms with van der Waals surface area (Å²) >= 11 is 5.38. The summed E-state index contributed by atoms with van der Waals surface area (Å²) in [5.74, 6) is 0.790. The van der Waals surface area contributed by atoms with Gasteiger partial charge in [0, 0.05) is 37.9 Å². The van der Waals surface area contributed by atoms with Crippen molar-refractivity contribution in [1.82, 2.24) is 9.80 Å². The van der Waals surface area contributed by atoms with Crippen molar-refractivity contribution in [3.63, 3.8) is 0 Å². The first-order chi connectivity index (χ1) is 9.22. The third-order valence-electron chi connectivity index (χ3n) is 3.07. The van der Waals surface area contributed by atoms with Crippen LogP contribution in [0.4, 0.5) is 5.69 Å². The Morgan fingerprint density at radius 1 is 1.37 bits per heavy atom. The molecule has 1 fully saturated rings. The molecule has 1 aromatic carbocycles. The van der Waals surface area contributed by atoms with Crippen molar-refractivity contribution in [1.29, 1.82) is 0 Å². The predicted molar refractivity (Wildman–Crippen MR) is 78.4 cm³/mol. The summed E-state index contributed by atoms with van der Waals surface area (Å²) in [4.78, 5) is 14.5. The topological polar surface area (TPSA) is 44.8 Å². The normalized spacial score (nSPS) is 15.0. The minimum atomic E-state index is 0.679. The fourth-order valence-electron chi connectivity index (χ4n) is 1.93. The predicted octanol–water partition coefficient (Wildman–Crippen LogP) is 1.17. The van der Waals surface area contributed by atoms with Crippen LogP contribution in [-0.4, -0.2) is 54.6 Å². The smallest absolute Gasteiger partial charge is 0.209 e. The third-order valence-corrected chi connectivity index (χ3v) is 3.43. The molecule has 2 rings (SSSR count).